The molecular weight excluding hydrogens is 516 g/mol. The quantitative estimate of drug-likeness (QED) is 0.167. The highest BCUT2D eigenvalue weighted by Crippen LogP contribution is 2.33. The Kier molecular flexibility index (Phi) is 11.3. The summed E-state index contributed by atoms with van der Waals surface area (Å²) >= 11 is 0. The van der Waals surface area contributed by atoms with E-state index in [1.54, 1.807) is 6.92 Å². The van der Waals surface area contributed by atoms with Crippen LogP contribution < -0.4 is 20.7 Å². The van der Waals surface area contributed by atoms with Crippen molar-refractivity contribution in [2.75, 3.05) is 59.3 Å². The van der Waals surface area contributed by atoms with Crippen molar-refractivity contribution in [1.29, 1.82) is 0 Å². The molecule has 3 rings (SSSR count). The van der Waals surface area contributed by atoms with E-state index in [0.29, 0.717) is 33.0 Å². The van der Waals surface area contributed by atoms with Gasteiger partial charge in [-0.3, -0.25) is 39.0 Å². The zero-order chi connectivity index (χ0) is 28.2. The lowest BCUT2D eigenvalue weighted by atomic mass is 10.0. The maximum Gasteiger partial charge on any atom is 0.266 e. The maximum atomic E-state index is 13.0. The predicted molar refractivity (Wildman–Crippen MR) is 133 cm³/mol. The first-order valence-electron chi connectivity index (χ1n) is 12.6. The van der Waals surface area contributed by atoms with Crippen LogP contribution in [0.15, 0.2) is 18.2 Å². The number of piperidine rings is 1. The average molecular weight is 549 g/mol. The molecule has 1 saturated heterocycles. The summed E-state index contributed by atoms with van der Waals surface area (Å²) in [6.45, 7) is 3.64. The monoisotopic (exact) mass is 548 g/mol. The van der Waals surface area contributed by atoms with Gasteiger partial charge >= 0.3 is 0 Å². The molecule has 3 N–H and O–H groups in total. The number of rotatable bonds is 16. The molecule has 2 heterocycles. The van der Waals surface area contributed by atoms with Crippen LogP contribution in [0.3, 0.4) is 0 Å². The fraction of sp³-hybridized carbons (Fsp3) is 0.520. The minimum absolute atomic E-state index is 0.0130. The van der Waals surface area contributed by atoms with E-state index in [9.17, 15) is 28.8 Å². The number of imide groups is 2. The van der Waals surface area contributed by atoms with E-state index in [4.69, 9.17) is 18.9 Å². The lowest BCUT2D eigenvalue weighted by Gasteiger charge is -2.27. The van der Waals surface area contributed by atoms with Crippen LogP contribution in [0.2, 0.25) is 0 Å². The minimum Gasteiger partial charge on any atom is -0.483 e. The van der Waals surface area contributed by atoms with Gasteiger partial charge in [0.05, 0.1) is 37.6 Å². The Labute approximate surface area is 224 Å². The summed E-state index contributed by atoms with van der Waals surface area (Å²) in [6.07, 6.45) is 0.0508. The van der Waals surface area contributed by atoms with E-state index in [1.807, 2.05) is 0 Å². The topological polar surface area (TPSA) is 179 Å². The smallest absolute Gasteiger partial charge is 0.266 e. The van der Waals surface area contributed by atoms with Gasteiger partial charge in [-0.1, -0.05) is 6.07 Å². The molecule has 39 heavy (non-hydrogen) atoms. The third-order valence-electron chi connectivity index (χ3n) is 5.74. The predicted octanol–water partition coefficient (Wildman–Crippen LogP) is -1.23. The summed E-state index contributed by atoms with van der Waals surface area (Å²) < 4.78 is 21.2. The van der Waals surface area contributed by atoms with Crippen LogP contribution >= 0.6 is 0 Å². The first-order valence-corrected chi connectivity index (χ1v) is 12.6. The second kappa shape index (κ2) is 14.9. The van der Waals surface area contributed by atoms with Gasteiger partial charge in [-0.15, -0.1) is 0 Å². The van der Waals surface area contributed by atoms with Crippen molar-refractivity contribution in [1.82, 2.24) is 20.9 Å². The summed E-state index contributed by atoms with van der Waals surface area (Å²) in [4.78, 5) is 73.9. The van der Waals surface area contributed by atoms with E-state index in [1.165, 1.54) is 18.2 Å². The van der Waals surface area contributed by atoms with Crippen LogP contribution in [-0.4, -0.2) is 106 Å². The van der Waals surface area contributed by atoms with Gasteiger partial charge in [0, 0.05) is 26.1 Å². The van der Waals surface area contributed by atoms with E-state index in [2.05, 4.69) is 16.0 Å². The second-order valence-electron chi connectivity index (χ2n) is 8.48. The summed E-state index contributed by atoms with van der Waals surface area (Å²) in [7, 11) is 0. The fourth-order valence-corrected chi connectivity index (χ4v) is 3.89. The number of nitrogens with one attached hydrogen (secondary N) is 3. The highest BCUT2D eigenvalue weighted by Gasteiger charge is 2.46. The second-order valence-corrected chi connectivity index (χ2v) is 8.48. The molecule has 1 atom stereocenters. The molecule has 0 bridgehead atoms. The Morgan fingerprint density at radius 2 is 1.59 bits per heavy atom. The molecule has 14 nitrogen and oxygen atoms in total. The zero-order valence-electron chi connectivity index (χ0n) is 21.6. The number of carbonyl (C=O) groups is 6. The number of nitrogens with zero attached hydrogens (tertiary/aromatic N) is 1. The maximum absolute atomic E-state index is 13.0. The molecule has 0 spiro atoms. The first kappa shape index (κ1) is 29.7. The molecule has 1 fully saturated rings. The molecular formula is C25H32N4O10. The molecule has 6 amide bonds. The van der Waals surface area contributed by atoms with Gasteiger partial charge in [0.25, 0.3) is 17.7 Å². The SMILES string of the molecule is CCOCC(=O)NCCOCCOCCNC(=O)COc1cccc2c1C(=O)N(C1CCC(=O)NC1=O)C2=O. The Morgan fingerprint density at radius 1 is 0.923 bits per heavy atom. The molecule has 0 radical (unpaired) electrons. The van der Waals surface area contributed by atoms with Gasteiger partial charge in [-0.2, -0.15) is 0 Å². The van der Waals surface area contributed by atoms with Crippen molar-refractivity contribution in [2.45, 2.75) is 25.8 Å². The van der Waals surface area contributed by atoms with Gasteiger partial charge in [0.1, 0.15) is 18.4 Å². The number of benzene rings is 1. The number of fused-ring (bicyclic) bond motifs is 1. The van der Waals surface area contributed by atoms with Crippen LogP contribution in [0.1, 0.15) is 40.5 Å². The number of hydrogen-bond donors (Lipinski definition) is 3. The van der Waals surface area contributed by atoms with Crippen LogP contribution in [0.4, 0.5) is 0 Å². The van der Waals surface area contributed by atoms with Gasteiger partial charge in [-0.25, -0.2) is 0 Å². The summed E-state index contributed by atoms with van der Waals surface area (Å²) in [5.74, 6) is -3.18. The molecule has 1 aromatic rings. The van der Waals surface area contributed by atoms with E-state index < -0.39 is 42.2 Å². The van der Waals surface area contributed by atoms with Gasteiger partial charge < -0.3 is 29.6 Å². The van der Waals surface area contributed by atoms with Gasteiger partial charge in [-0.05, 0) is 25.5 Å². The molecule has 1 unspecified atom stereocenters. The molecule has 14 heteroatoms. The van der Waals surface area contributed by atoms with Crippen LogP contribution in [0.25, 0.3) is 0 Å². The lowest BCUT2D eigenvalue weighted by molar-refractivity contribution is -0.136. The van der Waals surface area contributed by atoms with Crippen molar-refractivity contribution in [3.63, 3.8) is 0 Å². The Hall–Kier alpha value is -3.88. The summed E-state index contributed by atoms with van der Waals surface area (Å²) in [5.41, 5.74) is 0.0308. The van der Waals surface area contributed by atoms with Crippen molar-refractivity contribution >= 4 is 35.4 Å². The number of carbonyl (C=O) groups excluding carboxylic acids is 6. The van der Waals surface area contributed by atoms with Crippen LogP contribution in [0, 0.1) is 0 Å². The van der Waals surface area contributed by atoms with Crippen LogP contribution in [0.5, 0.6) is 5.75 Å². The highest BCUT2D eigenvalue weighted by atomic mass is 16.5. The zero-order valence-corrected chi connectivity index (χ0v) is 21.6. The third-order valence-corrected chi connectivity index (χ3v) is 5.74. The summed E-state index contributed by atoms with van der Waals surface area (Å²) in [6, 6.07) is 3.31. The Bertz CT molecular complexity index is 1090. The molecule has 0 aliphatic carbocycles. The molecule has 1 aromatic carbocycles. The normalized spacial score (nSPS) is 16.6. The van der Waals surface area contributed by atoms with Gasteiger partial charge in [0.15, 0.2) is 6.61 Å². The van der Waals surface area contributed by atoms with Crippen molar-refractivity contribution in [3.8, 4) is 5.75 Å². The highest BCUT2D eigenvalue weighted by molar-refractivity contribution is 6.24. The van der Waals surface area contributed by atoms with Crippen LogP contribution in [-0.2, 0) is 33.4 Å². The third kappa shape index (κ3) is 8.30. The number of amides is 6. The van der Waals surface area contributed by atoms with E-state index >= 15 is 0 Å². The largest absolute Gasteiger partial charge is 0.483 e. The molecule has 0 aromatic heterocycles. The first-order chi connectivity index (χ1) is 18.8. The van der Waals surface area contributed by atoms with E-state index in [0.717, 1.165) is 4.90 Å². The minimum atomic E-state index is -1.09. The van der Waals surface area contributed by atoms with Crippen molar-refractivity contribution < 1.29 is 47.7 Å². The number of ether oxygens (including phenoxy) is 4. The van der Waals surface area contributed by atoms with E-state index in [-0.39, 0.29) is 55.4 Å². The number of hydrogen-bond acceptors (Lipinski definition) is 10. The molecule has 2 aliphatic rings. The summed E-state index contributed by atoms with van der Waals surface area (Å²) in [5, 5.41) is 7.40. The fourth-order valence-electron chi connectivity index (χ4n) is 3.89. The Morgan fingerprint density at radius 3 is 2.23 bits per heavy atom. The lowest BCUT2D eigenvalue weighted by Crippen LogP contribution is -2.54. The Balaban J connectivity index is 1.33. The van der Waals surface area contributed by atoms with Crippen molar-refractivity contribution in [2.24, 2.45) is 0 Å². The molecule has 2 aliphatic heterocycles. The molecule has 0 saturated carbocycles. The average Bonchev–Trinajstić information content (AvgIpc) is 3.17. The standard InChI is InChI=1S/C25H32N4O10/c1-2-36-14-20(31)26-8-10-37-12-13-38-11-9-27-21(32)15-39-18-5-3-4-16-22(18)25(35)29(24(16)34)17-6-7-19(30)28-23(17)33/h3-5,17H,2,6-15H2,1H3,(H,26,31)(H,27,32)(H,28,30,33). The van der Waals surface area contributed by atoms with Gasteiger partial charge in [0.2, 0.25) is 17.7 Å². The molecule has 212 valence electrons. The van der Waals surface area contributed by atoms with Crippen molar-refractivity contribution in [3.05, 3.63) is 29.3 Å².